The summed E-state index contributed by atoms with van der Waals surface area (Å²) in [6.45, 7) is 0. The smallest absolute Gasteiger partial charge is 0.211 e. The Bertz CT molecular complexity index is 529. The van der Waals surface area contributed by atoms with Crippen molar-refractivity contribution < 1.29 is 18.0 Å². The highest BCUT2D eigenvalue weighted by Crippen LogP contribution is 2.49. The van der Waals surface area contributed by atoms with E-state index in [0.29, 0.717) is 25.7 Å². The molecule has 1 aliphatic carbocycles. The Labute approximate surface area is 113 Å². The Morgan fingerprint density at radius 3 is 2.42 bits per heavy atom. The molecule has 0 atom stereocenters. The molecule has 102 valence electrons. The second-order valence-corrected chi connectivity index (χ2v) is 5.01. The van der Waals surface area contributed by atoms with E-state index in [1.165, 1.54) is 18.2 Å². The zero-order valence-corrected chi connectivity index (χ0v) is 10.7. The molecule has 1 fully saturated rings. The Morgan fingerprint density at radius 2 is 1.89 bits per heavy atom. The summed E-state index contributed by atoms with van der Waals surface area (Å²) >= 11 is 5.95. The van der Waals surface area contributed by atoms with Crippen LogP contribution < -0.4 is 0 Å². The van der Waals surface area contributed by atoms with Crippen molar-refractivity contribution in [3.05, 3.63) is 34.3 Å². The Hall–Kier alpha value is -1.32. The molecule has 1 aromatic carbocycles. The number of nitrogens with zero attached hydrogens (tertiary/aromatic N) is 1. The Kier molecular flexibility index (Phi) is 3.70. The maximum absolute atomic E-state index is 13.1. The van der Waals surface area contributed by atoms with Crippen LogP contribution in [0.3, 0.4) is 0 Å². The largest absolute Gasteiger partial charge is 0.416 e. The van der Waals surface area contributed by atoms with Gasteiger partial charge in [0.2, 0.25) is 6.08 Å². The monoisotopic (exact) mass is 289 g/mol. The molecule has 0 aliphatic heterocycles. The molecule has 0 N–H and O–H groups in total. The average molecular weight is 290 g/mol. The van der Waals surface area contributed by atoms with E-state index >= 15 is 0 Å². The molecule has 0 spiro atoms. The van der Waals surface area contributed by atoms with Gasteiger partial charge < -0.3 is 0 Å². The second-order valence-electron chi connectivity index (χ2n) is 4.60. The number of halogens is 4. The van der Waals surface area contributed by atoms with Crippen LogP contribution in [0.1, 0.15) is 36.8 Å². The van der Waals surface area contributed by atoms with Gasteiger partial charge in [-0.15, -0.1) is 0 Å². The second kappa shape index (κ2) is 4.99. The van der Waals surface area contributed by atoms with Crippen LogP contribution in [0.2, 0.25) is 5.02 Å². The van der Waals surface area contributed by atoms with Crippen LogP contribution in [0.15, 0.2) is 23.2 Å². The predicted octanol–water partition coefficient (Wildman–Crippen LogP) is 4.46. The summed E-state index contributed by atoms with van der Waals surface area (Å²) in [7, 11) is 0. The quantitative estimate of drug-likeness (QED) is 0.583. The standard InChI is InChI=1S/C13H11ClF3NO/c14-10-5-3-4-9(13(15,16)17)11(10)12(18-8-19)6-1-2-7-12/h3-5H,1-2,6-7H2. The van der Waals surface area contributed by atoms with Crippen LogP contribution in [0.4, 0.5) is 13.2 Å². The van der Waals surface area contributed by atoms with Gasteiger partial charge in [0.1, 0.15) is 5.54 Å². The maximum atomic E-state index is 13.1. The van der Waals surface area contributed by atoms with E-state index in [2.05, 4.69) is 4.99 Å². The SMILES string of the molecule is O=C=NC1(c2c(Cl)cccc2C(F)(F)F)CCCC1. The summed E-state index contributed by atoms with van der Waals surface area (Å²) in [4.78, 5) is 14.3. The highest BCUT2D eigenvalue weighted by atomic mass is 35.5. The van der Waals surface area contributed by atoms with Gasteiger partial charge in [0.05, 0.1) is 5.56 Å². The summed E-state index contributed by atoms with van der Waals surface area (Å²) in [5, 5.41) is -0.00396. The fourth-order valence-corrected chi connectivity index (χ4v) is 3.05. The topological polar surface area (TPSA) is 29.4 Å². The Morgan fingerprint density at radius 1 is 1.26 bits per heavy atom. The van der Waals surface area contributed by atoms with Crippen molar-refractivity contribution >= 4 is 17.7 Å². The first-order valence-corrected chi connectivity index (χ1v) is 6.24. The normalized spacial score (nSPS) is 18.1. The van der Waals surface area contributed by atoms with Gasteiger partial charge in [-0.2, -0.15) is 18.2 Å². The minimum absolute atomic E-state index is 0.00396. The van der Waals surface area contributed by atoms with Crippen molar-refractivity contribution in [3.63, 3.8) is 0 Å². The van der Waals surface area contributed by atoms with Gasteiger partial charge in [0.15, 0.2) is 0 Å². The summed E-state index contributed by atoms with van der Waals surface area (Å²) in [6.07, 6.45) is -0.916. The molecule has 6 heteroatoms. The first-order valence-electron chi connectivity index (χ1n) is 5.86. The third-order valence-corrected chi connectivity index (χ3v) is 3.79. The fraction of sp³-hybridized carbons (Fsp3) is 0.462. The molecule has 0 radical (unpaired) electrons. The van der Waals surface area contributed by atoms with Crippen molar-refractivity contribution in [3.8, 4) is 0 Å². The van der Waals surface area contributed by atoms with Gasteiger partial charge in [0, 0.05) is 10.6 Å². The van der Waals surface area contributed by atoms with Crippen LogP contribution in [-0.2, 0) is 16.5 Å². The van der Waals surface area contributed by atoms with E-state index in [9.17, 15) is 18.0 Å². The van der Waals surface area contributed by atoms with Gasteiger partial charge in [-0.3, -0.25) is 0 Å². The molecule has 2 rings (SSSR count). The van der Waals surface area contributed by atoms with Crippen LogP contribution in [0, 0.1) is 0 Å². The molecule has 1 saturated carbocycles. The molecule has 1 aromatic rings. The summed E-state index contributed by atoms with van der Waals surface area (Å²) in [5.41, 5.74) is -2.09. The molecule has 1 aliphatic rings. The summed E-state index contributed by atoms with van der Waals surface area (Å²) in [6, 6.07) is 3.62. The average Bonchev–Trinajstić information content (AvgIpc) is 2.77. The first-order chi connectivity index (χ1) is 8.91. The van der Waals surface area contributed by atoms with E-state index in [-0.39, 0.29) is 10.6 Å². The summed E-state index contributed by atoms with van der Waals surface area (Å²) < 4.78 is 39.3. The van der Waals surface area contributed by atoms with Gasteiger partial charge >= 0.3 is 6.18 Å². The van der Waals surface area contributed by atoms with Gasteiger partial charge in [0.25, 0.3) is 0 Å². The lowest BCUT2D eigenvalue weighted by atomic mass is 9.85. The number of benzene rings is 1. The van der Waals surface area contributed by atoms with Crippen molar-refractivity contribution in [1.82, 2.24) is 0 Å². The van der Waals surface area contributed by atoms with E-state index in [0.717, 1.165) is 6.07 Å². The highest BCUT2D eigenvalue weighted by molar-refractivity contribution is 6.31. The van der Waals surface area contributed by atoms with Crippen molar-refractivity contribution in [2.24, 2.45) is 4.99 Å². The van der Waals surface area contributed by atoms with Gasteiger partial charge in [-0.05, 0) is 25.0 Å². The molecule has 0 aromatic heterocycles. The van der Waals surface area contributed by atoms with Crippen LogP contribution in [0.25, 0.3) is 0 Å². The number of hydrogen-bond acceptors (Lipinski definition) is 2. The number of carbonyl (C=O) groups excluding carboxylic acids is 1. The highest BCUT2D eigenvalue weighted by Gasteiger charge is 2.44. The minimum Gasteiger partial charge on any atom is -0.211 e. The van der Waals surface area contributed by atoms with Crippen LogP contribution >= 0.6 is 11.6 Å². The number of isocyanates is 1. The molecular formula is C13H11ClF3NO. The zero-order valence-electron chi connectivity index (χ0n) is 9.93. The first kappa shape index (κ1) is 14.1. The lowest BCUT2D eigenvalue weighted by Gasteiger charge is -2.27. The third kappa shape index (κ3) is 2.53. The number of rotatable bonds is 2. The molecule has 0 bridgehead atoms. The molecule has 0 amide bonds. The van der Waals surface area contributed by atoms with E-state index in [1.807, 2.05) is 0 Å². The van der Waals surface area contributed by atoms with E-state index in [4.69, 9.17) is 11.6 Å². The molecule has 0 unspecified atom stereocenters. The number of aliphatic imine (C=N–C) groups is 1. The molecule has 0 saturated heterocycles. The number of alkyl halides is 3. The van der Waals surface area contributed by atoms with E-state index in [1.54, 1.807) is 0 Å². The maximum Gasteiger partial charge on any atom is 0.416 e. The van der Waals surface area contributed by atoms with Crippen LogP contribution in [-0.4, -0.2) is 6.08 Å². The molecule has 0 heterocycles. The van der Waals surface area contributed by atoms with Crippen LogP contribution in [0.5, 0.6) is 0 Å². The van der Waals surface area contributed by atoms with Gasteiger partial charge in [-0.25, -0.2) is 4.79 Å². The fourth-order valence-electron chi connectivity index (χ4n) is 2.70. The number of hydrogen-bond donors (Lipinski definition) is 0. The lowest BCUT2D eigenvalue weighted by Crippen LogP contribution is -2.24. The van der Waals surface area contributed by atoms with Crippen molar-refractivity contribution in [1.29, 1.82) is 0 Å². The molecule has 19 heavy (non-hydrogen) atoms. The molecular weight excluding hydrogens is 279 g/mol. The summed E-state index contributed by atoms with van der Waals surface area (Å²) in [5.74, 6) is 0. The van der Waals surface area contributed by atoms with E-state index < -0.39 is 17.3 Å². The third-order valence-electron chi connectivity index (χ3n) is 3.47. The molecule has 2 nitrogen and oxygen atoms in total. The zero-order chi connectivity index (χ0) is 14.1. The van der Waals surface area contributed by atoms with Crippen molar-refractivity contribution in [2.75, 3.05) is 0 Å². The predicted molar refractivity (Wildman–Crippen MR) is 64.7 cm³/mol. The van der Waals surface area contributed by atoms with Crippen molar-refractivity contribution in [2.45, 2.75) is 37.4 Å². The van der Waals surface area contributed by atoms with Gasteiger partial charge in [-0.1, -0.05) is 30.5 Å². The minimum atomic E-state index is -4.52. The lowest BCUT2D eigenvalue weighted by molar-refractivity contribution is -0.138. The Balaban J connectivity index is 2.69.